The van der Waals surface area contributed by atoms with Crippen molar-refractivity contribution in [3.63, 3.8) is 0 Å². The van der Waals surface area contributed by atoms with E-state index in [1.807, 2.05) is 24.5 Å². The van der Waals surface area contributed by atoms with Crippen LogP contribution >= 0.6 is 0 Å². The van der Waals surface area contributed by atoms with E-state index in [2.05, 4.69) is 15.5 Å². The van der Waals surface area contributed by atoms with Crippen LogP contribution in [0, 0.1) is 24.0 Å². The van der Waals surface area contributed by atoms with Crippen molar-refractivity contribution >= 4 is 23.8 Å². The molecular formula is C20H17N5O5. The molecule has 0 aliphatic heterocycles. The molecule has 0 fully saturated rings. The molecule has 2 N–H and O–H groups in total. The van der Waals surface area contributed by atoms with Crippen molar-refractivity contribution in [1.82, 2.24) is 15.0 Å². The van der Waals surface area contributed by atoms with Crippen molar-refractivity contribution in [3.8, 4) is 5.69 Å². The highest BCUT2D eigenvalue weighted by molar-refractivity contribution is 5.93. The number of carbonyl (C=O) groups excluding carboxylic acids is 1. The standard InChI is InChI=1S/C20H17N5O5/c1-12-9-15(13(2)24(12)16-5-3-14(4-6-16)20(27)28)10-22-23-19(26)18-8-7-17(11-21-18)25(29)30/h3-11H,1-2H3,(H,23,26)(H,27,28)/b22-10-. The molecule has 0 bridgehead atoms. The average Bonchev–Trinajstić information content (AvgIpc) is 3.01. The lowest BCUT2D eigenvalue weighted by molar-refractivity contribution is -0.385. The van der Waals surface area contributed by atoms with Gasteiger partial charge in [-0.25, -0.2) is 15.2 Å². The number of carboxylic acids is 1. The van der Waals surface area contributed by atoms with Gasteiger partial charge in [-0.3, -0.25) is 14.9 Å². The number of hydrogen-bond acceptors (Lipinski definition) is 6. The molecule has 0 saturated heterocycles. The van der Waals surface area contributed by atoms with E-state index in [0.29, 0.717) is 0 Å². The number of nitrogens with zero attached hydrogens (tertiary/aromatic N) is 4. The summed E-state index contributed by atoms with van der Waals surface area (Å²) in [6, 6.07) is 10.8. The molecular weight excluding hydrogens is 390 g/mol. The second kappa shape index (κ2) is 8.35. The van der Waals surface area contributed by atoms with Crippen LogP contribution < -0.4 is 5.43 Å². The minimum absolute atomic E-state index is 0.00161. The first kappa shape index (κ1) is 20.4. The monoisotopic (exact) mass is 407 g/mol. The lowest BCUT2D eigenvalue weighted by Crippen LogP contribution is -2.19. The zero-order chi connectivity index (χ0) is 21.8. The van der Waals surface area contributed by atoms with Crippen LogP contribution in [0.2, 0.25) is 0 Å². The van der Waals surface area contributed by atoms with Crippen LogP contribution in [0.3, 0.4) is 0 Å². The van der Waals surface area contributed by atoms with Crippen molar-refractivity contribution in [2.24, 2.45) is 5.10 Å². The number of rotatable bonds is 6. The first-order valence-corrected chi connectivity index (χ1v) is 8.74. The first-order chi connectivity index (χ1) is 14.3. The number of aromatic nitrogens is 2. The van der Waals surface area contributed by atoms with Gasteiger partial charge in [-0.2, -0.15) is 5.10 Å². The Morgan fingerprint density at radius 2 is 1.90 bits per heavy atom. The predicted molar refractivity (Wildman–Crippen MR) is 108 cm³/mol. The Bertz CT molecular complexity index is 1150. The van der Waals surface area contributed by atoms with Gasteiger partial charge in [0.15, 0.2) is 0 Å². The number of nitrogens with one attached hydrogen (secondary N) is 1. The lowest BCUT2D eigenvalue weighted by atomic mass is 10.2. The topological polar surface area (TPSA) is 140 Å². The van der Waals surface area contributed by atoms with Gasteiger partial charge in [-0.1, -0.05) is 0 Å². The molecule has 0 spiro atoms. The quantitative estimate of drug-likeness (QED) is 0.366. The van der Waals surface area contributed by atoms with Gasteiger partial charge in [0.2, 0.25) is 0 Å². The van der Waals surface area contributed by atoms with E-state index in [9.17, 15) is 19.7 Å². The van der Waals surface area contributed by atoms with Gasteiger partial charge < -0.3 is 9.67 Å². The van der Waals surface area contributed by atoms with Crippen molar-refractivity contribution in [1.29, 1.82) is 0 Å². The zero-order valence-corrected chi connectivity index (χ0v) is 16.1. The number of amides is 1. The Labute approximate surface area is 170 Å². The van der Waals surface area contributed by atoms with Crippen LogP contribution in [0.4, 0.5) is 5.69 Å². The molecule has 10 nitrogen and oxygen atoms in total. The number of pyridine rings is 1. The minimum Gasteiger partial charge on any atom is -0.478 e. The third-order valence-electron chi connectivity index (χ3n) is 4.40. The van der Waals surface area contributed by atoms with Crippen LogP contribution in [-0.2, 0) is 0 Å². The van der Waals surface area contributed by atoms with Crippen LogP contribution in [0.25, 0.3) is 5.69 Å². The van der Waals surface area contributed by atoms with Gasteiger partial charge in [0.1, 0.15) is 11.9 Å². The molecule has 0 aliphatic carbocycles. The fourth-order valence-electron chi connectivity index (χ4n) is 2.91. The third-order valence-corrected chi connectivity index (χ3v) is 4.40. The second-order valence-corrected chi connectivity index (χ2v) is 6.37. The molecule has 10 heteroatoms. The molecule has 0 radical (unpaired) electrons. The summed E-state index contributed by atoms with van der Waals surface area (Å²) in [6.45, 7) is 3.77. The molecule has 1 aromatic carbocycles. The van der Waals surface area contributed by atoms with Crippen LogP contribution in [0.15, 0.2) is 53.8 Å². The normalized spacial score (nSPS) is 10.9. The molecule has 1 amide bonds. The number of hydrazone groups is 1. The summed E-state index contributed by atoms with van der Waals surface area (Å²) in [5.41, 5.74) is 5.64. The van der Waals surface area contributed by atoms with Crippen molar-refractivity contribution in [2.75, 3.05) is 0 Å². The molecule has 2 heterocycles. The number of carboxylic acid groups (broad SMARTS) is 1. The maximum absolute atomic E-state index is 12.1. The van der Waals surface area contributed by atoms with Crippen LogP contribution in [0.5, 0.6) is 0 Å². The van der Waals surface area contributed by atoms with E-state index >= 15 is 0 Å². The molecule has 0 aliphatic rings. The highest BCUT2D eigenvalue weighted by Gasteiger charge is 2.12. The van der Waals surface area contributed by atoms with E-state index < -0.39 is 16.8 Å². The Balaban J connectivity index is 1.75. The van der Waals surface area contributed by atoms with Gasteiger partial charge in [-0.15, -0.1) is 0 Å². The third kappa shape index (κ3) is 4.22. The summed E-state index contributed by atoms with van der Waals surface area (Å²) in [4.78, 5) is 36.9. The SMILES string of the molecule is Cc1cc(/C=N\NC(=O)c2ccc([N+](=O)[O-])cn2)c(C)n1-c1ccc(C(=O)O)cc1. The summed E-state index contributed by atoms with van der Waals surface area (Å²) < 4.78 is 1.94. The smallest absolute Gasteiger partial charge is 0.335 e. The van der Waals surface area contributed by atoms with E-state index in [1.165, 1.54) is 30.5 Å². The first-order valence-electron chi connectivity index (χ1n) is 8.74. The molecule has 2 aromatic heterocycles. The summed E-state index contributed by atoms with van der Waals surface area (Å²) >= 11 is 0. The molecule has 0 saturated carbocycles. The van der Waals surface area contributed by atoms with Crippen molar-refractivity contribution in [2.45, 2.75) is 13.8 Å². The number of benzene rings is 1. The molecule has 3 rings (SSSR count). The van der Waals surface area contributed by atoms with E-state index in [-0.39, 0.29) is 16.9 Å². The molecule has 0 atom stereocenters. The van der Waals surface area contributed by atoms with Gasteiger partial charge in [0.25, 0.3) is 11.6 Å². The number of hydrogen-bond donors (Lipinski definition) is 2. The molecule has 0 unspecified atom stereocenters. The molecule has 3 aromatic rings. The fourth-order valence-corrected chi connectivity index (χ4v) is 2.91. The van der Waals surface area contributed by atoms with E-state index in [0.717, 1.165) is 28.8 Å². The zero-order valence-electron chi connectivity index (χ0n) is 16.1. The molecule has 152 valence electrons. The maximum atomic E-state index is 12.1. The van der Waals surface area contributed by atoms with Gasteiger partial charge >= 0.3 is 5.97 Å². The van der Waals surface area contributed by atoms with Gasteiger partial charge in [0, 0.05) is 28.7 Å². The molecule has 30 heavy (non-hydrogen) atoms. The highest BCUT2D eigenvalue weighted by Crippen LogP contribution is 2.20. The predicted octanol–water partition coefficient (Wildman–Crippen LogP) is 2.86. The van der Waals surface area contributed by atoms with Crippen molar-refractivity contribution in [3.05, 3.63) is 87.0 Å². The number of carbonyl (C=O) groups is 2. The number of aromatic carboxylic acids is 1. The largest absolute Gasteiger partial charge is 0.478 e. The number of nitro groups is 1. The minimum atomic E-state index is -0.992. The summed E-state index contributed by atoms with van der Waals surface area (Å²) in [7, 11) is 0. The van der Waals surface area contributed by atoms with E-state index in [4.69, 9.17) is 5.11 Å². The summed E-state index contributed by atoms with van der Waals surface area (Å²) in [5.74, 6) is -1.59. The van der Waals surface area contributed by atoms with E-state index in [1.54, 1.807) is 12.1 Å². The fraction of sp³-hybridized carbons (Fsp3) is 0.100. The van der Waals surface area contributed by atoms with Gasteiger partial charge in [0.05, 0.1) is 16.7 Å². The summed E-state index contributed by atoms with van der Waals surface area (Å²) in [5, 5.41) is 23.6. The maximum Gasteiger partial charge on any atom is 0.335 e. The van der Waals surface area contributed by atoms with Gasteiger partial charge in [-0.05, 0) is 50.2 Å². The van der Waals surface area contributed by atoms with Crippen LogP contribution in [-0.4, -0.2) is 37.7 Å². The highest BCUT2D eigenvalue weighted by atomic mass is 16.6. The Hall–Kier alpha value is -4.34. The number of aryl methyl sites for hydroxylation is 1. The second-order valence-electron chi connectivity index (χ2n) is 6.37. The van der Waals surface area contributed by atoms with Crippen molar-refractivity contribution < 1.29 is 19.6 Å². The Kier molecular flexibility index (Phi) is 5.68. The summed E-state index contributed by atoms with van der Waals surface area (Å²) in [6.07, 6.45) is 2.48. The average molecular weight is 407 g/mol. The lowest BCUT2D eigenvalue weighted by Gasteiger charge is -2.09. The Morgan fingerprint density at radius 1 is 1.20 bits per heavy atom. The van der Waals surface area contributed by atoms with Crippen LogP contribution in [0.1, 0.15) is 37.8 Å². The Morgan fingerprint density at radius 3 is 2.47 bits per heavy atom.